The number of hydrogen-bond donors (Lipinski definition) is 2. The van der Waals surface area contributed by atoms with Gasteiger partial charge in [-0.15, -0.1) is 0 Å². The summed E-state index contributed by atoms with van der Waals surface area (Å²) >= 11 is 0. The van der Waals surface area contributed by atoms with Gasteiger partial charge in [-0.1, -0.05) is 12.2 Å². The lowest BCUT2D eigenvalue weighted by atomic mass is 9.82. The number of aryl methyl sites for hydroxylation is 1. The van der Waals surface area contributed by atoms with Crippen LogP contribution in [0.1, 0.15) is 12.8 Å². The third-order valence-electron chi connectivity index (χ3n) is 3.06. The third-order valence-corrected chi connectivity index (χ3v) is 3.06. The first-order chi connectivity index (χ1) is 8.58. The van der Waals surface area contributed by atoms with Gasteiger partial charge in [-0.2, -0.15) is 5.10 Å². The van der Waals surface area contributed by atoms with Gasteiger partial charge in [0, 0.05) is 13.2 Å². The van der Waals surface area contributed by atoms with Gasteiger partial charge < -0.3 is 10.4 Å². The van der Waals surface area contributed by atoms with Crippen LogP contribution in [0.4, 0.5) is 5.69 Å². The van der Waals surface area contributed by atoms with Crippen molar-refractivity contribution in [2.75, 3.05) is 5.32 Å². The molecule has 2 rings (SSSR count). The van der Waals surface area contributed by atoms with Crippen molar-refractivity contribution in [2.45, 2.75) is 12.8 Å². The molecule has 0 aromatic carbocycles. The molecular formula is C12H15N3O3. The summed E-state index contributed by atoms with van der Waals surface area (Å²) in [4.78, 5) is 23.1. The zero-order valence-electron chi connectivity index (χ0n) is 10.0. The predicted octanol–water partition coefficient (Wildman–Crippen LogP) is 1.03. The van der Waals surface area contributed by atoms with E-state index in [1.807, 2.05) is 12.2 Å². The molecule has 1 aliphatic carbocycles. The first kappa shape index (κ1) is 12.3. The summed E-state index contributed by atoms with van der Waals surface area (Å²) in [6, 6.07) is 0. The number of aliphatic carboxylic acids is 1. The predicted molar refractivity (Wildman–Crippen MR) is 64.8 cm³/mol. The number of amides is 1. The molecule has 96 valence electrons. The zero-order valence-corrected chi connectivity index (χ0v) is 10.0. The highest BCUT2D eigenvalue weighted by atomic mass is 16.4. The van der Waals surface area contributed by atoms with Crippen LogP contribution >= 0.6 is 0 Å². The number of hydrogen-bond acceptors (Lipinski definition) is 3. The summed E-state index contributed by atoms with van der Waals surface area (Å²) in [5.41, 5.74) is 0.584. The Balaban J connectivity index is 2.07. The number of nitrogens with one attached hydrogen (secondary N) is 1. The van der Waals surface area contributed by atoms with E-state index in [2.05, 4.69) is 10.4 Å². The summed E-state index contributed by atoms with van der Waals surface area (Å²) in [5.74, 6) is -2.36. The Bertz CT molecular complexity index is 493. The molecule has 1 aliphatic rings. The maximum Gasteiger partial charge on any atom is 0.307 e. The second-order valence-electron chi connectivity index (χ2n) is 4.39. The molecule has 1 heterocycles. The van der Waals surface area contributed by atoms with E-state index in [-0.39, 0.29) is 5.91 Å². The summed E-state index contributed by atoms with van der Waals surface area (Å²) in [6.07, 6.45) is 7.74. The average molecular weight is 249 g/mol. The number of carbonyl (C=O) groups is 2. The molecule has 2 atom stereocenters. The van der Waals surface area contributed by atoms with Gasteiger partial charge in [0.25, 0.3) is 0 Å². The minimum Gasteiger partial charge on any atom is -0.481 e. The Labute approximate surface area is 104 Å². The van der Waals surface area contributed by atoms with Crippen LogP contribution in [0.15, 0.2) is 24.5 Å². The zero-order chi connectivity index (χ0) is 13.1. The van der Waals surface area contributed by atoms with Crippen LogP contribution in [0.5, 0.6) is 0 Å². The molecule has 0 fully saturated rings. The largest absolute Gasteiger partial charge is 0.481 e. The van der Waals surface area contributed by atoms with Crippen molar-refractivity contribution < 1.29 is 14.7 Å². The SMILES string of the molecule is Cn1cc(NC(=O)[C@@H]2CC=CC[C@@H]2C(=O)O)cn1. The fraction of sp³-hybridized carbons (Fsp3) is 0.417. The molecule has 0 aliphatic heterocycles. The minimum absolute atomic E-state index is 0.264. The van der Waals surface area contributed by atoms with E-state index in [0.717, 1.165) is 0 Å². The molecule has 6 nitrogen and oxygen atoms in total. The van der Waals surface area contributed by atoms with Crippen LogP contribution < -0.4 is 5.32 Å². The molecule has 18 heavy (non-hydrogen) atoms. The van der Waals surface area contributed by atoms with Gasteiger partial charge in [0.2, 0.25) is 5.91 Å². The lowest BCUT2D eigenvalue weighted by molar-refractivity contribution is -0.146. The summed E-state index contributed by atoms with van der Waals surface area (Å²) < 4.78 is 1.57. The molecule has 1 amide bonds. The van der Waals surface area contributed by atoms with E-state index >= 15 is 0 Å². The van der Waals surface area contributed by atoms with Crippen LogP contribution in [-0.4, -0.2) is 26.8 Å². The quantitative estimate of drug-likeness (QED) is 0.783. The van der Waals surface area contributed by atoms with Crippen LogP contribution in [0.25, 0.3) is 0 Å². The Morgan fingerprint density at radius 3 is 2.61 bits per heavy atom. The standard InChI is InChI=1S/C12H15N3O3/c1-15-7-8(6-13-15)14-11(16)9-4-2-3-5-10(9)12(17)18/h2-3,6-7,9-10H,4-5H2,1H3,(H,14,16)(H,17,18)/t9-,10+/m1/s1. The molecule has 0 saturated carbocycles. The van der Waals surface area contributed by atoms with Crippen molar-refractivity contribution in [3.8, 4) is 0 Å². The van der Waals surface area contributed by atoms with Crippen LogP contribution in [0.2, 0.25) is 0 Å². The van der Waals surface area contributed by atoms with Gasteiger partial charge in [-0.05, 0) is 12.8 Å². The Kier molecular flexibility index (Phi) is 3.45. The number of nitrogens with zero attached hydrogens (tertiary/aromatic N) is 2. The van der Waals surface area contributed by atoms with Crippen molar-refractivity contribution in [3.05, 3.63) is 24.5 Å². The lowest BCUT2D eigenvalue weighted by Crippen LogP contribution is -2.34. The van der Waals surface area contributed by atoms with Crippen molar-refractivity contribution >= 4 is 17.6 Å². The molecule has 1 aromatic rings. The number of aromatic nitrogens is 2. The van der Waals surface area contributed by atoms with Gasteiger partial charge in [-0.3, -0.25) is 14.3 Å². The first-order valence-corrected chi connectivity index (χ1v) is 5.75. The maximum atomic E-state index is 12.0. The highest BCUT2D eigenvalue weighted by molar-refractivity contribution is 5.95. The van der Waals surface area contributed by atoms with Crippen molar-refractivity contribution in [1.29, 1.82) is 0 Å². The number of allylic oxidation sites excluding steroid dienone is 2. The minimum atomic E-state index is -0.925. The molecule has 6 heteroatoms. The second kappa shape index (κ2) is 5.03. The lowest BCUT2D eigenvalue weighted by Gasteiger charge is -2.23. The van der Waals surface area contributed by atoms with Crippen LogP contribution in [0.3, 0.4) is 0 Å². The maximum absolute atomic E-state index is 12.0. The van der Waals surface area contributed by atoms with E-state index in [4.69, 9.17) is 5.11 Å². The van der Waals surface area contributed by atoms with Crippen molar-refractivity contribution in [1.82, 2.24) is 9.78 Å². The molecular weight excluding hydrogens is 234 g/mol. The Hall–Kier alpha value is -2.11. The van der Waals surface area contributed by atoms with E-state index in [9.17, 15) is 9.59 Å². The topological polar surface area (TPSA) is 84.2 Å². The van der Waals surface area contributed by atoms with Crippen LogP contribution in [-0.2, 0) is 16.6 Å². The number of rotatable bonds is 3. The van der Waals surface area contributed by atoms with Gasteiger partial charge in [0.15, 0.2) is 0 Å². The molecule has 2 N–H and O–H groups in total. The van der Waals surface area contributed by atoms with E-state index in [1.54, 1.807) is 17.9 Å². The first-order valence-electron chi connectivity index (χ1n) is 5.75. The van der Waals surface area contributed by atoms with E-state index < -0.39 is 17.8 Å². The number of carboxylic acids is 1. The van der Waals surface area contributed by atoms with E-state index in [1.165, 1.54) is 6.20 Å². The molecule has 0 saturated heterocycles. The number of carboxylic acid groups (broad SMARTS) is 1. The number of anilines is 1. The number of carbonyl (C=O) groups excluding carboxylic acids is 1. The molecule has 0 unspecified atom stereocenters. The fourth-order valence-corrected chi connectivity index (χ4v) is 2.10. The summed E-state index contributed by atoms with van der Waals surface area (Å²) in [6.45, 7) is 0. The van der Waals surface area contributed by atoms with Gasteiger partial charge in [0.1, 0.15) is 0 Å². The molecule has 0 radical (unpaired) electrons. The second-order valence-corrected chi connectivity index (χ2v) is 4.39. The highest BCUT2D eigenvalue weighted by Crippen LogP contribution is 2.27. The molecule has 0 bridgehead atoms. The molecule has 1 aromatic heterocycles. The van der Waals surface area contributed by atoms with E-state index in [0.29, 0.717) is 18.5 Å². The smallest absolute Gasteiger partial charge is 0.307 e. The third kappa shape index (κ3) is 2.58. The van der Waals surface area contributed by atoms with Crippen molar-refractivity contribution in [3.63, 3.8) is 0 Å². The Morgan fingerprint density at radius 2 is 2.06 bits per heavy atom. The fourth-order valence-electron chi connectivity index (χ4n) is 2.10. The van der Waals surface area contributed by atoms with Gasteiger partial charge >= 0.3 is 5.97 Å². The summed E-state index contributed by atoms with van der Waals surface area (Å²) in [5, 5.41) is 15.7. The van der Waals surface area contributed by atoms with Gasteiger partial charge in [0.05, 0.1) is 23.7 Å². The Morgan fingerprint density at radius 1 is 1.39 bits per heavy atom. The van der Waals surface area contributed by atoms with Crippen LogP contribution in [0, 0.1) is 11.8 Å². The highest BCUT2D eigenvalue weighted by Gasteiger charge is 2.33. The normalized spacial score (nSPS) is 22.7. The monoisotopic (exact) mass is 249 g/mol. The average Bonchev–Trinajstić information content (AvgIpc) is 2.74. The molecule has 0 spiro atoms. The summed E-state index contributed by atoms with van der Waals surface area (Å²) in [7, 11) is 1.75. The van der Waals surface area contributed by atoms with Crippen molar-refractivity contribution in [2.24, 2.45) is 18.9 Å². The van der Waals surface area contributed by atoms with Gasteiger partial charge in [-0.25, -0.2) is 0 Å².